The first kappa shape index (κ1) is 15.7. The van der Waals surface area contributed by atoms with E-state index in [1.54, 1.807) is 46.6 Å². The fourth-order valence-electron chi connectivity index (χ4n) is 2.29. The number of nitrogens with zero attached hydrogens (tertiary/aromatic N) is 1. The summed E-state index contributed by atoms with van der Waals surface area (Å²) in [6.07, 6.45) is 0. The van der Waals surface area contributed by atoms with Gasteiger partial charge in [0.1, 0.15) is 5.56 Å². The molecular formula is C17H16N2O2S2. The van der Waals surface area contributed by atoms with Gasteiger partial charge in [0.05, 0.1) is 13.1 Å². The number of hydrogen-bond donors (Lipinski definition) is 1. The van der Waals surface area contributed by atoms with Crippen molar-refractivity contribution in [1.29, 1.82) is 0 Å². The number of thiophene rings is 2. The van der Waals surface area contributed by atoms with E-state index < -0.39 is 0 Å². The molecule has 0 aliphatic rings. The Morgan fingerprint density at radius 2 is 1.65 bits per heavy atom. The molecule has 0 aliphatic heterocycles. The van der Waals surface area contributed by atoms with E-state index in [9.17, 15) is 9.59 Å². The van der Waals surface area contributed by atoms with Crippen LogP contribution in [0, 0.1) is 6.92 Å². The average molecular weight is 344 g/mol. The number of aryl methyl sites for hydroxylation is 1. The number of carbonyl (C=O) groups is 1. The van der Waals surface area contributed by atoms with E-state index in [1.807, 2.05) is 35.0 Å². The van der Waals surface area contributed by atoms with E-state index >= 15 is 0 Å². The molecule has 3 heterocycles. The Labute approximate surface area is 142 Å². The van der Waals surface area contributed by atoms with Gasteiger partial charge in [-0.15, -0.1) is 22.7 Å². The van der Waals surface area contributed by atoms with Gasteiger partial charge in [0.2, 0.25) is 0 Å². The van der Waals surface area contributed by atoms with Gasteiger partial charge in [0, 0.05) is 15.4 Å². The molecule has 3 aromatic rings. The monoisotopic (exact) mass is 344 g/mol. The number of pyridine rings is 1. The number of nitrogens with one attached hydrogen (secondary N) is 1. The molecule has 0 saturated carbocycles. The molecule has 3 aromatic heterocycles. The number of amides is 1. The molecule has 0 radical (unpaired) electrons. The summed E-state index contributed by atoms with van der Waals surface area (Å²) in [5.74, 6) is -0.243. The minimum Gasteiger partial charge on any atom is -0.328 e. The SMILES string of the molecule is Cc1ccc(C(=O)N(Cc2cccs2)Cc2cccs2)c(=O)[nH]1. The van der Waals surface area contributed by atoms with Crippen LogP contribution in [0.2, 0.25) is 0 Å². The Kier molecular flexibility index (Phi) is 4.73. The van der Waals surface area contributed by atoms with Crippen LogP contribution >= 0.6 is 22.7 Å². The van der Waals surface area contributed by atoms with E-state index in [-0.39, 0.29) is 17.0 Å². The summed E-state index contributed by atoms with van der Waals surface area (Å²) in [7, 11) is 0. The first-order valence-electron chi connectivity index (χ1n) is 7.17. The number of aromatic amines is 1. The lowest BCUT2D eigenvalue weighted by Gasteiger charge is -2.21. The van der Waals surface area contributed by atoms with Gasteiger partial charge in [0.25, 0.3) is 11.5 Å². The van der Waals surface area contributed by atoms with Crippen molar-refractivity contribution in [2.45, 2.75) is 20.0 Å². The lowest BCUT2D eigenvalue weighted by atomic mass is 10.2. The maximum absolute atomic E-state index is 12.8. The van der Waals surface area contributed by atoms with Crippen molar-refractivity contribution in [3.05, 3.63) is 78.5 Å². The highest BCUT2D eigenvalue weighted by atomic mass is 32.1. The first-order valence-corrected chi connectivity index (χ1v) is 8.93. The topological polar surface area (TPSA) is 53.2 Å². The quantitative estimate of drug-likeness (QED) is 0.768. The predicted octanol–water partition coefficient (Wildman–Crippen LogP) is 3.65. The van der Waals surface area contributed by atoms with Crippen LogP contribution in [0.1, 0.15) is 25.8 Å². The molecule has 6 heteroatoms. The van der Waals surface area contributed by atoms with Crippen LogP contribution in [-0.4, -0.2) is 15.8 Å². The van der Waals surface area contributed by atoms with Crippen molar-refractivity contribution in [3.63, 3.8) is 0 Å². The summed E-state index contributed by atoms with van der Waals surface area (Å²) in [6.45, 7) is 2.80. The lowest BCUT2D eigenvalue weighted by molar-refractivity contribution is 0.0731. The van der Waals surface area contributed by atoms with Crippen LogP contribution in [0.4, 0.5) is 0 Å². The number of rotatable bonds is 5. The minimum atomic E-state index is -0.336. The maximum atomic E-state index is 12.8. The van der Waals surface area contributed by atoms with Gasteiger partial charge < -0.3 is 9.88 Å². The summed E-state index contributed by atoms with van der Waals surface area (Å²) in [5, 5.41) is 3.98. The Hall–Kier alpha value is -2.18. The zero-order valence-corrected chi connectivity index (χ0v) is 14.2. The Bertz CT molecular complexity index is 800. The largest absolute Gasteiger partial charge is 0.328 e. The molecule has 0 spiro atoms. The van der Waals surface area contributed by atoms with Crippen LogP contribution in [-0.2, 0) is 13.1 Å². The number of aromatic nitrogens is 1. The summed E-state index contributed by atoms with van der Waals surface area (Å²) in [4.78, 5) is 31.5. The van der Waals surface area contributed by atoms with E-state index in [0.717, 1.165) is 15.4 Å². The highest BCUT2D eigenvalue weighted by Crippen LogP contribution is 2.18. The number of H-pyrrole nitrogens is 1. The molecule has 0 saturated heterocycles. The molecular weight excluding hydrogens is 328 g/mol. The third-order valence-corrected chi connectivity index (χ3v) is 5.15. The molecule has 0 aromatic carbocycles. The predicted molar refractivity (Wildman–Crippen MR) is 94.0 cm³/mol. The molecule has 0 bridgehead atoms. The Balaban J connectivity index is 1.89. The van der Waals surface area contributed by atoms with Crippen molar-refractivity contribution in [3.8, 4) is 0 Å². The van der Waals surface area contributed by atoms with Crippen LogP contribution < -0.4 is 5.56 Å². The minimum absolute atomic E-state index is 0.184. The fraction of sp³-hybridized carbons (Fsp3) is 0.176. The standard InChI is InChI=1S/C17H16N2O2S2/c1-12-6-7-15(16(20)18-12)17(21)19(10-13-4-2-8-22-13)11-14-5-3-9-23-14/h2-9H,10-11H2,1H3,(H,18,20). The highest BCUT2D eigenvalue weighted by Gasteiger charge is 2.20. The zero-order valence-electron chi connectivity index (χ0n) is 12.6. The van der Waals surface area contributed by atoms with E-state index in [0.29, 0.717) is 13.1 Å². The summed E-state index contributed by atoms with van der Waals surface area (Å²) in [6, 6.07) is 11.3. The van der Waals surface area contributed by atoms with Crippen LogP contribution in [0.15, 0.2) is 52.0 Å². The van der Waals surface area contributed by atoms with E-state index in [2.05, 4.69) is 4.98 Å². The molecule has 4 nitrogen and oxygen atoms in total. The smallest absolute Gasteiger partial charge is 0.260 e. The highest BCUT2D eigenvalue weighted by molar-refractivity contribution is 7.10. The second-order valence-corrected chi connectivity index (χ2v) is 7.27. The fourth-order valence-corrected chi connectivity index (χ4v) is 3.73. The van der Waals surface area contributed by atoms with Crippen molar-refractivity contribution in [2.75, 3.05) is 0 Å². The lowest BCUT2D eigenvalue weighted by Crippen LogP contribution is -2.33. The van der Waals surface area contributed by atoms with Gasteiger partial charge in [-0.3, -0.25) is 9.59 Å². The van der Waals surface area contributed by atoms with Gasteiger partial charge in [-0.1, -0.05) is 12.1 Å². The molecule has 0 unspecified atom stereocenters. The van der Waals surface area contributed by atoms with Crippen molar-refractivity contribution >= 4 is 28.6 Å². The average Bonchev–Trinajstić information content (AvgIpc) is 3.19. The molecule has 0 aliphatic carbocycles. The van der Waals surface area contributed by atoms with Crippen molar-refractivity contribution in [1.82, 2.24) is 9.88 Å². The van der Waals surface area contributed by atoms with Crippen molar-refractivity contribution in [2.24, 2.45) is 0 Å². The van der Waals surface area contributed by atoms with Gasteiger partial charge in [-0.05, 0) is 41.9 Å². The van der Waals surface area contributed by atoms with E-state index in [1.165, 1.54) is 0 Å². The third kappa shape index (κ3) is 3.78. The normalized spacial score (nSPS) is 10.7. The van der Waals surface area contributed by atoms with E-state index in [4.69, 9.17) is 0 Å². The second kappa shape index (κ2) is 6.93. The van der Waals surface area contributed by atoms with Crippen LogP contribution in [0.25, 0.3) is 0 Å². The van der Waals surface area contributed by atoms with Gasteiger partial charge >= 0.3 is 0 Å². The van der Waals surface area contributed by atoms with Gasteiger partial charge in [-0.25, -0.2) is 0 Å². The molecule has 0 atom stereocenters. The number of carbonyl (C=O) groups excluding carboxylic acids is 1. The van der Waals surface area contributed by atoms with Crippen molar-refractivity contribution < 1.29 is 4.79 Å². The summed E-state index contributed by atoms with van der Waals surface area (Å²) >= 11 is 3.21. The van der Waals surface area contributed by atoms with Crippen LogP contribution in [0.3, 0.4) is 0 Å². The van der Waals surface area contributed by atoms with Crippen LogP contribution in [0.5, 0.6) is 0 Å². The number of hydrogen-bond acceptors (Lipinski definition) is 4. The molecule has 118 valence electrons. The first-order chi connectivity index (χ1) is 11.1. The Morgan fingerprint density at radius 1 is 1.04 bits per heavy atom. The van der Waals surface area contributed by atoms with Gasteiger partial charge in [-0.2, -0.15) is 0 Å². The molecule has 1 N–H and O–H groups in total. The Morgan fingerprint density at radius 3 is 2.13 bits per heavy atom. The summed E-state index contributed by atoms with van der Waals surface area (Å²) < 4.78 is 0. The molecule has 3 rings (SSSR count). The zero-order chi connectivity index (χ0) is 16.2. The molecule has 0 fully saturated rings. The third-order valence-electron chi connectivity index (χ3n) is 3.43. The molecule has 1 amide bonds. The van der Waals surface area contributed by atoms with Gasteiger partial charge in [0.15, 0.2) is 0 Å². The molecule has 23 heavy (non-hydrogen) atoms. The maximum Gasteiger partial charge on any atom is 0.260 e. The second-order valence-electron chi connectivity index (χ2n) is 5.20. The summed E-state index contributed by atoms with van der Waals surface area (Å²) in [5.41, 5.74) is 0.593.